The van der Waals surface area contributed by atoms with Gasteiger partial charge in [0.2, 0.25) is 5.60 Å². The van der Waals surface area contributed by atoms with Gasteiger partial charge in [-0.3, -0.25) is 10.3 Å². The number of benzene rings is 1. The lowest BCUT2D eigenvalue weighted by Gasteiger charge is -2.28. The number of halogens is 5. The van der Waals surface area contributed by atoms with E-state index >= 15 is 0 Å². The van der Waals surface area contributed by atoms with E-state index in [-0.39, 0.29) is 21.3 Å². The molecule has 25 heavy (non-hydrogen) atoms. The second-order valence-corrected chi connectivity index (χ2v) is 7.58. The molecule has 1 aromatic carbocycles. The summed E-state index contributed by atoms with van der Waals surface area (Å²) in [6, 6.07) is 5.51. The minimum atomic E-state index is -4.72. The Labute approximate surface area is 156 Å². The van der Waals surface area contributed by atoms with Gasteiger partial charge in [0.15, 0.2) is 0 Å². The van der Waals surface area contributed by atoms with Crippen LogP contribution in [0.5, 0.6) is 0 Å². The highest BCUT2D eigenvalue weighted by Crippen LogP contribution is 2.48. The van der Waals surface area contributed by atoms with Gasteiger partial charge in [-0.2, -0.15) is 13.2 Å². The number of alkyl halides is 3. The number of aryl methyl sites for hydroxylation is 1. The molecule has 3 rings (SSSR count). The van der Waals surface area contributed by atoms with Gasteiger partial charge in [0.05, 0.1) is 10.6 Å². The van der Waals surface area contributed by atoms with Gasteiger partial charge in [0.25, 0.3) is 0 Å². The van der Waals surface area contributed by atoms with E-state index in [9.17, 15) is 13.2 Å². The maximum absolute atomic E-state index is 13.9. The van der Waals surface area contributed by atoms with Gasteiger partial charge in [-0.1, -0.05) is 23.2 Å². The largest absolute Gasteiger partial charge is 0.428 e. The van der Waals surface area contributed by atoms with Crippen LogP contribution < -0.4 is 11.2 Å². The first-order chi connectivity index (χ1) is 11.7. The Morgan fingerprint density at radius 1 is 1.20 bits per heavy atom. The molecule has 0 bridgehead atoms. The lowest BCUT2D eigenvalue weighted by molar-refractivity contribution is -0.269. The fraction of sp³-hybridized carbons (Fsp3) is 0.250. The summed E-state index contributed by atoms with van der Waals surface area (Å²) in [4.78, 5) is 6.55. The first kappa shape index (κ1) is 18.5. The first-order valence-corrected chi connectivity index (χ1v) is 8.73. The molecule has 2 aromatic rings. The Bertz CT molecular complexity index is 830. The van der Waals surface area contributed by atoms with Crippen molar-refractivity contribution in [2.75, 3.05) is 0 Å². The molecule has 0 radical (unpaired) electrons. The standard InChI is InChI=1S/C16H13Cl2F3N2OS/c1-8-2-13(25-14(8)7-22)12-6-15(24-23-12,16(19,20)21)9-3-10(17)5-11(18)4-9/h2-6,23H,7,22H2,1H3. The third-order valence-electron chi connectivity index (χ3n) is 3.85. The molecule has 0 saturated carbocycles. The van der Waals surface area contributed by atoms with E-state index in [2.05, 4.69) is 5.48 Å². The molecule has 0 saturated heterocycles. The zero-order valence-corrected chi connectivity index (χ0v) is 15.2. The molecule has 1 unspecified atom stereocenters. The lowest BCUT2D eigenvalue weighted by Crippen LogP contribution is -2.42. The molecule has 0 amide bonds. The Morgan fingerprint density at radius 2 is 1.84 bits per heavy atom. The number of nitrogens with one attached hydrogen (secondary N) is 1. The SMILES string of the molecule is Cc1cc(C2=CC(c3cc(Cl)cc(Cl)c3)(C(F)(F)F)ON2)sc1CN. The second-order valence-electron chi connectivity index (χ2n) is 5.57. The van der Waals surface area contributed by atoms with Gasteiger partial charge in [0, 0.05) is 27.0 Å². The summed E-state index contributed by atoms with van der Waals surface area (Å²) in [5.41, 5.74) is 6.29. The number of hydrogen-bond donors (Lipinski definition) is 2. The van der Waals surface area contributed by atoms with Crippen molar-refractivity contribution in [2.24, 2.45) is 5.73 Å². The van der Waals surface area contributed by atoms with Crippen LogP contribution in [-0.2, 0) is 17.0 Å². The Hall–Kier alpha value is -1.25. The monoisotopic (exact) mass is 408 g/mol. The van der Waals surface area contributed by atoms with E-state index in [1.54, 1.807) is 6.07 Å². The van der Waals surface area contributed by atoms with Crippen LogP contribution in [0.25, 0.3) is 5.70 Å². The van der Waals surface area contributed by atoms with Crippen molar-refractivity contribution in [2.45, 2.75) is 25.2 Å². The third kappa shape index (κ3) is 3.27. The van der Waals surface area contributed by atoms with Gasteiger partial charge >= 0.3 is 6.18 Å². The molecule has 0 spiro atoms. The summed E-state index contributed by atoms with van der Waals surface area (Å²) in [5, 5.41) is 0.183. The molecule has 134 valence electrons. The van der Waals surface area contributed by atoms with E-state index in [0.29, 0.717) is 11.4 Å². The minimum absolute atomic E-state index is 0.0916. The molecule has 3 nitrogen and oxygen atoms in total. The quantitative estimate of drug-likeness (QED) is 0.737. The highest BCUT2D eigenvalue weighted by molar-refractivity contribution is 7.13. The molecule has 0 aliphatic carbocycles. The van der Waals surface area contributed by atoms with Crippen molar-refractivity contribution in [3.05, 3.63) is 61.3 Å². The molecule has 3 N–H and O–H groups in total. The lowest BCUT2D eigenvalue weighted by atomic mass is 9.92. The van der Waals surface area contributed by atoms with E-state index in [1.165, 1.54) is 29.5 Å². The molecular formula is C16H13Cl2F3N2OS. The van der Waals surface area contributed by atoms with E-state index in [0.717, 1.165) is 16.5 Å². The molecule has 2 heterocycles. The number of rotatable bonds is 3. The zero-order valence-electron chi connectivity index (χ0n) is 12.9. The molecular weight excluding hydrogens is 396 g/mol. The highest BCUT2D eigenvalue weighted by Gasteiger charge is 2.59. The topological polar surface area (TPSA) is 47.3 Å². The van der Waals surface area contributed by atoms with Crippen LogP contribution in [-0.4, -0.2) is 6.18 Å². The summed E-state index contributed by atoms with van der Waals surface area (Å²) in [6.45, 7) is 2.17. The van der Waals surface area contributed by atoms with Crippen LogP contribution in [0.15, 0.2) is 30.3 Å². The molecule has 0 fully saturated rings. The number of hydrogen-bond acceptors (Lipinski definition) is 4. The fourth-order valence-electron chi connectivity index (χ4n) is 2.59. The van der Waals surface area contributed by atoms with Crippen LogP contribution in [0, 0.1) is 6.92 Å². The molecule has 9 heteroatoms. The number of thiophene rings is 1. The zero-order chi connectivity index (χ0) is 18.4. The summed E-state index contributed by atoms with van der Waals surface area (Å²) < 4.78 is 41.7. The normalized spacial score (nSPS) is 20.5. The van der Waals surface area contributed by atoms with Crippen LogP contribution in [0.3, 0.4) is 0 Å². The molecule has 1 aliphatic rings. The number of hydroxylamine groups is 1. The number of nitrogens with two attached hydrogens (primary N) is 1. The fourth-order valence-corrected chi connectivity index (χ4v) is 4.13. The van der Waals surface area contributed by atoms with E-state index < -0.39 is 11.8 Å². The van der Waals surface area contributed by atoms with Gasteiger partial charge < -0.3 is 5.73 Å². The van der Waals surface area contributed by atoms with Crippen LogP contribution in [0.4, 0.5) is 13.2 Å². The second kappa shape index (κ2) is 6.48. The summed E-state index contributed by atoms with van der Waals surface area (Å²) in [5.74, 6) is 0. The van der Waals surface area contributed by atoms with Crippen LogP contribution in [0.1, 0.15) is 20.9 Å². The van der Waals surface area contributed by atoms with Crippen molar-refractivity contribution >= 4 is 40.2 Å². The average Bonchev–Trinajstić information content (AvgIpc) is 3.10. The maximum Gasteiger partial charge on any atom is 0.428 e. The van der Waals surface area contributed by atoms with Crippen molar-refractivity contribution in [1.29, 1.82) is 0 Å². The van der Waals surface area contributed by atoms with Crippen molar-refractivity contribution < 1.29 is 18.0 Å². The molecule has 1 atom stereocenters. The van der Waals surface area contributed by atoms with E-state index in [1.807, 2.05) is 6.92 Å². The predicted octanol–water partition coefficient (Wildman–Crippen LogP) is 5.16. The Balaban J connectivity index is 2.13. The summed E-state index contributed by atoms with van der Waals surface area (Å²) >= 11 is 13.1. The minimum Gasteiger partial charge on any atom is -0.326 e. The van der Waals surface area contributed by atoms with Gasteiger partial charge in [-0.25, -0.2) is 0 Å². The summed E-state index contributed by atoms with van der Waals surface area (Å²) in [6.07, 6.45) is -3.72. The predicted molar refractivity (Wildman–Crippen MR) is 93.3 cm³/mol. The van der Waals surface area contributed by atoms with Gasteiger partial charge in [-0.15, -0.1) is 11.3 Å². The smallest absolute Gasteiger partial charge is 0.326 e. The molecule has 1 aromatic heterocycles. The first-order valence-electron chi connectivity index (χ1n) is 7.16. The van der Waals surface area contributed by atoms with Crippen LogP contribution >= 0.6 is 34.5 Å². The maximum atomic E-state index is 13.9. The van der Waals surface area contributed by atoms with E-state index in [4.69, 9.17) is 33.8 Å². The van der Waals surface area contributed by atoms with Crippen molar-refractivity contribution in [3.8, 4) is 0 Å². The Kier molecular flexibility index (Phi) is 4.81. The van der Waals surface area contributed by atoms with Gasteiger partial charge in [0.1, 0.15) is 0 Å². The highest BCUT2D eigenvalue weighted by atomic mass is 35.5. The average molecular weight is 409 g/mol. The third-order valence-corrected chi connectivity index (χ3v) is 5.58. The van der Waals surface area contributed by atoms with Crippen molar-refractivity contribution in [3.63, 3.8) is 0 Å². The van der Waals surface area contributed by atoms with Gasteiger partial charge in [-0.05, 0) is 42.8 Å². The Morgan fingerprint density at radius 3 is 2.36 bits per heavy atom. The molecule has 1 aliphatic heterocycles. The van der Waals surface area contributed by atoms with Crippen molar-refractivity contribution in [1.82, 2.24) is 5.48 Å². The van der Waals surface area contributed by atoms with Crippen LogP contribution in [0.2, 0.25) is 10.0 Å². The summed E-state index contributed by atoms with van der Waals surface area (Å²) in [7, 11) is 0.